The number of hydrogen-bond donors (Lipinski definition) is 1. The van der Waals surface area contributed by atoms with E-state index in [9.17, 15) is 19.2 Å². The Kier molecular flexibility index (Phi) is 5.29. The van der Waals surface area contributed by atoms with Crippen LogP contribution < -0.4 is 5.32 Å². The van der Waals surface area contributed by atoms with E-state index in [0.29, 0.717) is 10.7 Å². The Morgan fingerprint density at radius 3 is 2.38 bits per heavy atom. The molecule has 1 N–H and O–H groups in total. The number of carbonyl (C=O) groups is 4. The number of anilines is 1. The lowest BCUT2D eigenvalue weighted by Gasteiger charge is -2.23. The summed E-state index contributed by atoms with van der Waals surface area (Å²) in [4.78, 5) is 51.0. The second-order valence-electron chi connectivity index (χ2n) is 7.89. The molecule has 154 valence electrons. The quantitative estimate of drug-likeness (QED) is 0.563. The van der Waals surface area contributed by atoms with Crippen LogP contribution in [0.25, 0.3) is 0 Å². The highest BCUT2D eigenvalue weighted by molar-refractivity contribution is 6.36. The van der Waals surface area contributed by atoms with Crippen molar-refractivity contribution in [3.63, 3.8) is 0 Å². The van der Waals surface area contributed by atoms with Gasteiger partial charge in [-0.05, 0) is 56.2 Å². The summed E-state index contributed by atoms with van der Waals surface area (Å²) < 4.78 is 5.04. The van der Waals surface area contributed by atoms with Crippen LogP contribution >= 0.6 is 23.2 Å². The van der Waals surface area contributed by atoms with Gasteiger partial charge in [-0.25, -0.2) is 4.79 Å². The number of rotatable bonds is 5. The van der Waals surface area contributed by atoms with Crippen LogP contribution in [-0.2, 0) is 23.9 Å². The Hall–Kier alpha value is -2.12. The van der Waals surface area contributed by atoms with Gasteiger partial charge in [0.25, 0.3) is 5.91 Å². The zero-order valence-electron chi connectivity index (χ0n) is 15.7. The molecule has 0 aromatic heterocycles. The molecule has 7 nitrogen and oxygen atoms in total. The SMILES string of the molecule is C[C@H](C(=O)OCC(=O)Nc1ccc(Cl)cc1Cl)N1C(=O)[C@@H]2[C@H]3CC[C@@H](C3)[C@H]2C1=O. The Bertz CT molecular complexity index is 877. The second kappa shape index (κ2) is 7.61. The van der Waals surface area contributed by atoms with E-state index in [4.69, 9.17) is 27.9 Å². The van der Waals surface area contributed by atoms with E-state index in [1.165, 1.54) is 19.1 Å². The van der Waals surface area contributed by atoms with Crippen LogP contribution in [0.4, 0.5) is 5.69 Å². The largest absolute Gasteiger partial charge is 0.454 e. The topological polar surface area (TPSA) is 92.8 Å². The highest BCUT2D eigenvalue weighted by Crippen LogP contribution is 2.56. The number of carbonyl (C=O) groups excluding carboxylic acids is 4. The van der Waals surface area contributed by atoms with Gasteiger partial charge < -0.3 is 10.1 Å². The number of likely N-dealkylation sites (tertiary alicyclic amines) is 1. The molecule has 3 aliphatic rings. The third-order valence-corrected chi connectivity index (χ3v) is 6.79. The highest BCUT2D eigenvalue weighted by Gasteiger charge is 2.62. The van der Waals surface area contributed by atoms with Gasteiger partial charge in [0.1, 0.15) is 6.04 Å². The average molecular weight is 439 g/mol. The first kappa shape index (κ1) is 20.2. The summed E-state index contributed by atoms with van der Waals surface area (Å²) >= 11 is 11.8. The summed E-state index contributed by atoms with van der Waals surface area (Å²) in [6, 6.07) is 3.50. The van der Waals surface area contributed by atoms with E-state index >= 15 is 0 Å². The molecule has 3 amide bonds. The van der Waals surface area contributed by atoms with E-state index < -0.39 is 24.5 Å². The van der Waals surface area contributed by atoms with Gasteiger partial charge in [-0.15, -0.1) is 0 Å². The standard InChI is InChI=1S/C20H20Cl2N2O5/c1-9(24-18(26)16-10-2-3-11(6-10)17(16)19(24)27)20(28)29-8-15(25)23-14-5-4-12(21)7-13(14)22/h4-5,7,9-11,16-17H,2-3,6,8H2,1H3,(H,23,25)/t9-,10+,11+,16-,17-/m1/s1. The predicted molar refractivity (Wildman–Crippen MR) is 105 cm³/mol. The third kappa shape index (κ3) is 3.51. The molecule has 2 aliphatic carbocycles. The highest BCUT2D eigenvalue weighted by atomic mass is 35.5. The lowest BCUT2D eigenvalue weighted by molar-refractivity contribution is -0.159. The van der Waals surface area contributed by atoms with Crippen molar-refractivity contribution in [2.45, 2.75) is 32.2 Å². The summed E-state index contributed by atoms with van der Waals surface area (Å²) in [7, 11) is 0. The van der Waals surface area contributed by atoms with Gasteiger partial charge in [-0.2, -0.15) is 0 Å². The maximum atomic E-state index is 12.8. The number of ether oxygens (including phenoxy) is 1. The smallest absolute Gasteiger partial charge is 0.329 e. The Morgan fingerprint density at radius 2 is 1.79 bits per heavy atom. The molecule has 2 saturated carbocycles. The molecule has 2 bridgehead atoms. The minimum Gasteiger partial charge on any atom is -0.454 e. The van der Waals surface area contributed by atoms with Gasteiger partial charge in [0, 0.05) is 5.02 Å². The average Bonchev–Trinajstić information content (AvgIpc) is 3.35. The van der Waals surface area contributed by atoms with Crippen molar-refractivity contribution >= 4 is 52.6 Å². The van der Waals surface area contributed by atoms with Gasteiger partial charge >= 0.3 is 5.97 Å². The number of nitrogens with zero attached hydrogens (tertiary/aromatic N) is 1. The number of nitrogens with one attached hydrogen (secondary N) is 1. The monoisotopic (exact) mass is 438 g/mol. The Balaban J connectivity index is 1.34. The summed E-state index contributed by atoms with van der Waals surface area (Å²) in [6.07, 6.45) is 2.85. The summed E-state index contributed by atoms with van der Waals surface area (Å²) in [5.74, 6) is -2.07. The van der Waals surface area contributed by atoms with Crippen LogP contribution in [0, 0.1) is 23.7 Å². The summed E-state index contributed by atoms with van der Waals surface area (Å²) in [6.45, 7) is 0.894. The molecular weight excluding hydrogens is 419 g/mol. The van der Waals surface area contributed by atoms with E-state index in [0.717, 1.165) is 24.2 Å². The van der Waals surface area contributed by atoms with Gasteiger partial charge in [-0.3, -0.25) is 19.3 Å². The number of benzene rings is 1. The van der Waals surface area contributed by atoms with Crippen LogP contribution in [0.3, 0.4) is 0 Å². The lowest BCUT2D eigenvalue weighted by Crippen LogP contribution is -2.45. The van der Waals surface area contributed by atoms with E-state index in [-0.39, 0.29) is 40.5 Å². The zero-order chi connectivity index (χ0) is 20.9. The number of imide groups is 1. The number of hydrogen-bond acceptors (Lipinski definition) is 5. The van der Waals surface area contributed by atoms with Gasteiger partial charge in [0.05, 0.1) is 22.5 Å². The molecule has 9 heteroatoms. The minimum absolute atomic E-state index is 0.240. The van der Waals surface area contributed by atoms with Crippen LogP contribution in [0.5, 0.6) is 0 Å². The number of amides is 3. The van der Waals surface area contributed by atoms with Crippen LogP contribution in [0.2, 0.25) is 10.0 Å². The molecular formula is C20H20Cl2N2O5. The molecule has 3 fully saturated rings. The van der Waals surface area contributed by atoms with Gasteiger partial charge in [-0.1, -0.05) is 23.2 Å². The minimum atomic E-state index is -1.06. The maximum absolute atomic E-state index is 12.8. The molecule has 5 atom stereocenters. The number of esters is 1. The number of fused-ring (bicyclic) bond motifs is 5. The summed E-state index contributed by atoms with van der Waals surface area (Å²) in [5, 5.41) is 3.19. The molecule has 1 saturated heterocycles. The first-order chi connectivity index (χ1) is 13.8. The van der Waals surface area contributed by atoms with Crippen molar-refractivity contribution in [2.24, 2.45) is 23.7 Å². The summed E-state index contributed by atoms with van der Waals surface area (Å²) in [5.41, 5.74) is 0.332. The zero-order valence-corrected chi connectivity index (χ0v) is 17.2. The lowest BCUT2D eigenvalue weighted by atomic mass is 9.81. The molecule has 4 rings (SSSR count). The molecule has 0 spiro atoms. The fourth-order valence-corrected chi connectivity index (χ4v) is 5.41. The molecule has 1 heterocycles. The molecule has 29 heavy (non-hydrogen) atoms. The third-order valence-electron chi connectivity index (χ3n) is 6.24. The van der Waals surface area contributed by atoms with Gasteiger partial charge in [0.2, 0.25) is 11.8 Å². The van der Waals surface area contributed by atoms with Crippen LogP contribution in [0.15, 0.2) is 18.2 Å². The molecule has 0 radical (unpaired) electrons. The van der Waals surface area contributed by atoms with E-state index in [1.54, 1.807) is 6.07 Å². The van der Waals surface area contributed by atoms with Crippen molar-refractivity contribution in [3.05, 3.63) is 28.2 Å². The van der Waals surface area contributed by atoms with E-state index in [2.05, 4.69) is 5.32 Å². The fraction of sp³-hybridized carbons (Fsp3) is 0.500. The predicted octanol–water partition coefficient (Wildman–Crippen LogP) is 2.89. The first-order valence-electron chi connectivity index (χ1n) is 9.56. The Labute approximate surface area is 177 Å². The molecule has 0 unspecified atom stereocenters. The van der Waals surface area contributed by atoms with Crippen LogP contribution in [0.1, 0.15) is 26.2 Å². The normalized spacial score (nSPS) is 28.4. The van der Waals surface area contributed by atoms with Crippen molar-refractivity contribution in [2.75, 3.05) is 11.9 Å². The van der Waals surface area contributed by atoms with Crippen molar-refractivity contribution in [3.8, 4) is 0 Å². The van der Waals surface area contributed by atoms with E-state index in [1.807, 2.05) is 0 Å². The van der Waals surface area contributed by atoms with Gasteiger partial charge in [0.15, 0.2) is 6.61 Å². The first-order valence-corrected chi connectivity index (χ1v) is 10.3. The molecule has 1 aromatic carbocycles. The fourth-order valence-electron chi connectivity index (χ4n) is 4.95. The van der Waals surface area contributed by atoms with Crippen molar-refractivity contribution in [1.82, 2.24) is 4.90 Å². The Morgan fingerprint density at radius 1 is 1.17 bits per heavy atom. The second-order valence-corrected chi connectivity index (χ2v) is 8.73. The molecule has 1 aromatic rings. The van der Waals surface area contributed by atoms with Crippen molar-refractivity contribution in [1.29, 1.82) is 0 Å². The van der Waals surface area contributed by atoms with Crippen LogP contribution in [-0.4, -0.2) is 41.2 Å². The molecule has 1 aliphatic heterocycles. The maximum Gasteiger partial charge on any atom is 0.329 e. The van der Waals surface area contributed by atoms with Crippen molar-refractivity contribution < 1.29 is 23.9 Å². The number of halogens is 2.